The van der Waals surface area contributed by atoms with Crippen LogP contribution in [0.3, 0.4) is 0 Å². The molecule has 34 heavy (non-hydrogen) atoms. The summed E-state index contributed by atoms with van der Waals surface area (Å²) in [6.45, 7) is 4.46. The first-order valence-corrected chi connectivity index (χ1v) is 13.1. The number of benzene rings is 2. The first-order chi connectivity index (χ1) is 16.2. The van der Waals surface area contributed by atoms with E-state index in [0.29, 0.717) is 16.4 Å². The fraction of sp³-hybridized carbons (Fsp3) is 0.304. The third-order valence-electron chi connectivity index (χ3n) is 5.23. The minimum atomic E-state index is -3.91. The summed E-state index contributed by atoms with van der Waals surface area (Å²) in [4.78, 5) is 17.7. The number of nitriles is 2. The van der Waals surface area contributed by atoms with Crippen LogP contribution in [0.5, 0.6) is 0 Å². The van der Waals surface area contributed by atoms with Gasteiger partial charge in [-0.1, -0.05) is 22.9 Å². The monoisotopic (exact) mass is 515 g/mol. The van der Waals surface area contributed by atoms with Crippen molar-refractivity contribution in [2.75, 3.05) is 13.1 Å². The van der Waals surface area contributed by atoms with Gasteiger partial charge in [-0.3, -0.25) is 4.79 Å². The number of hydrogen-bond donors (Lipinski definition) is 0. The van der Waals surface area contributed by atoms with Gasteiger partial charge in [0.1, 0.15) is 0 Å². The van der Waals surface area contributed by atoms with Crippen LogP contribution in [0.15, 0.2) is 46.3 Å². The summed E-state index contributed by atoms with van der Waals surface area (Å²) in [5.74, 6) is -0.493. The van der Waals surface area contributed by atoms with Crippen molar-refractivity contribution in [3.8, 4) is 12.1 Å². The normalized spacial score (nSPS) is 12.1. The molecule has 0 aliphatic heterocycles. The number of nitrogens with zero attached hydrogens (tertiary/aromatic N) is 5. The Hall–Kier alpha value is -3.02. The number of thiazole rings is 1. The molecule has 8 nitrogen and oxygen atoms in total. The van der Waals surface area contributed by atoms with Crippen LogP contribution in [0.25, 0.3) is 10.2 Å². The van der Waals surface area contributed by atoms with Gasteiger partial charge in [-0.25, -0.2) is 8.42 Å². The Morgan fingerprint density at radius 2 is 1.74 bits per heavy atom. The maximum absolute atomic E-state index is 12.9. The standard InChI is InChI=1S/C23H22ClN5O3S2/c1-3-29-21-16(2)19(24)10-11-20(21)33-23(29)27-22(30)17-6-8-18(9-7-17)34(31,32)28(14-4-12-25)15-5-13-26/h6-11H,3-5,14-15H2,1-2H3. The Labute approximate surface area is 207 Å². The molecule has 0 bridgehead atoms. The van der Waals surface area contributed by atoms with E-state index in [-0.39, 0.29) is 36.4 Å². The van der Waals surface area contributed by atoms with Gasteiger partial charge in [0, 0.05) is 43.1 Å². The van der Waals surface area contributed by atoms with Crippen molar-refractivity contribution in [1.82, 2.24) is 8.87 Å². The average molecular weight is 516 g/mol. The first kappa shape index (κ1) is 25.6. The number of rotatable bonds is 8. The van der Waals surface area contributed by atoms with E-state index in [1.54, 1.807) is 0 Å². The molecule has 0 saturated heterocycles. The van der Waals surface area contributed by atoms with E-state index in [4.69, 9.17) is 22.1 Å². The quantitative estimate of drug-likeness (QED) is 0.444. The third kappa shape index (κ3) is 5.21. The Bertz CT molecular complexity index is 1460. The minimum Gasteiger partial charge on any atom is -0.316 e. The highest BCUT2D eigenvalue weighted by molar-refractivity contribution is 7.89. The molecule has 176 valence electrons. The van der Waals surface area contributed by atoms with Gasteiger partial charge in [0.05, 0.1) is 27.3 Å². The summed E-state index contributed by atoms with van der Waals surface area (Å²) in [6.07, 6.45) is 0.0226. The molecule has 1 aromatic heterocycles. The van der Waals surface area contributed by atoms with Gasteiger partial charge in [-0.05, 0) is 55.8 Å². The third-order valence-corrected chi connectivity index (χ3v) is 8.59. The lowest BCUT2D eigenvalue weighted by Crippen LogP contribution is -2.32. The van der Waals surface area contributed by atoms with Crippen molar-refractivity contribution in [3.63, 3.8) is 0 Å². The number of carbonyl (C=O) groups excluding carboxylic acids is 1. The number of fused-ring (bicyclic) bond motifs is 1. The van der Waals surface area contributed by atoms with Crippen LogP contribution in [0.1, 0.15) is 35.7 Å². The molecule has 0 spiro atoms. The van der Waals surface area contributed by atoms with Crippen molar-refractivity contribution in [2.45, 2.75) is 38.1 Å². The molecule has 0 aliphatic carbocycles. The number of sulfonamides is 1. The van der Waals surface area contributed by atoms with Crippen molar-refractivity contribution in [2.24, 2.45) is 4.99 Å². The van der Waals surface area contributed by atoms with Crippen molar-refractivity contribution >= 4 is 49.1 Å². The van der Waals surface area contributed by atoms with E-state index < -0.39 is 15.9 Å². The molecular formula is C23H22ClN5O3S2. The molecule has 0 aliphatic rings. The molecule has 0 fully saturated rings. The van der Waals surface area contributed by atoms with E-state index in [9.17, 15) is 13.2 Å². The molecule has 1 heterocycles. The van der Waals surface area contributed by atoms with Crippen molar-refractivity contribution in [3.05, 3.63) is 57.3 Å². The summed E-state index contributed by atoms with van der Waals surface area (Å²) in [5, 5.41) is 18.3. The second-order valence-corrected chi connectivity index (χ2v) is 10.7. The van der Waals surface area contributed by atoms with E-state index in [1.807, 2.05) is 42.7 Å². The zero-order valence-electron chi connectivity index (χ0n) is 18.7. The zero-order chi connectivity index (χ0) is 24.9. The molecule has 0 unspecified atom stereocenters. The summed E-state index contributed by atoms with van der Waals surface area (Å²) in [5.41, 5.74) is 2.09. The molecular weight excluding hydrogens is 494 g/mol. The number of halogens is 1. The molecule has 3 aromatic rings. The minimum absolute atomic E-state index is 0.0110. The predicted molar refractivity (Wildman–Crippen MR) is 131 cm³/mol. The number of carbonyl (C=O) groups is 1. The molecule has 1 amide bonds. The lowest BCUT2D eigenvalue weighted by atomic mass is 10.2. The molecule has 3 rings (SSSR count). The molecule has 0 N–H and O–H groups in total. The zero-order valence-corrected chi connectivity index (χ0v) is 21.0. The van der Waals surface area contributed by atoms with E-state index >= 15 is 0 Å². The summed E-state index contributed by atoms with van der Waals surface area (Å²) in [7, 11) is -3.91. The number of aryl methyl sites for hydroxylation is 2. The fourth-order valence-corrected chi connectivity index (χ4v) is 6.21. The van der Waals surface area contributed by atoms with Gasteiger partial charge in [0.2, 0.25) is 10.0 Å². The predicted octanol–water partition coefficient (Wildman–Crippen LogP) is 4.24. The number of hydrogen-bond acceptors (Lipinski definition) is 6. The molecule has 0 saturated carbocycles. The van der Waals surface area contributed by atoms with Crippen LogP contribution in [-0.2, 0) is 16.6 Å². The highest BCUT2D eigenvalue weighted by atomic mass is 35.5. The van der Waals surface area contributed by atoms with Crippen LogP contribution in [0, 0.1) is 29.6 Å². The average Bonchev–Trinajstić information content (AvgIpc) is 3.19. The van der Waals surface area contributed by atoms with Gasteiger partial charge in [0.25, 0.3) is 5.91 Å². The summed E-state index contributed by atoms with van der Waals surface area (Å²) >= 11 is 7.65. The Morgan fingerprint density at radius 3 is 2.29 bits per heavy atom. The van der Waals surface area contributed by atoms with Gasteiger partial charge >= 0.3 is 0 Å². The maximum atomic E-state index is 12.9. The SMILES string of the molecule is CCn1c(=NC(=O)c2ccc(S(=O)(=O)N(CCC#N)CCC#N)cc2)sc2ccc(Cl)c(C)c21. The van der Waals surface area contributed by atoms with Gasteiger partial charge in [0.15, 0.2) is 4.80 Å². The summed E-state index contributed by atoms with van der Waals surface area (Å²) in [6, 6.07) is 13.1. The van der Waals surface area contributed by atoms with Gasteiger partial charge in [-0.2, -0.15) is 19.8 Å². The van der Waals surface area contributed by atoms with Crippen LogP contribution >= 0.6 is 22.9 Å². The fourth-order valence-electron chi connectivity index (χ4n) is 3.47. The highest BCUT2D eigenvalue weighted by Crippen LogP contribution is 2.27. The summed E-state index contributed by atoms with van der Waals surface area (Å²) < 4.78 is 29.9. The first-order valence-electron chi connectivity index (χ1n) is 10.5. The van der Waals surface area contributed by atoms with Crippen molar-refractivity contribution < 1.29 is 13.2 Å². The molecule has 11 heteroatoms. The van der Waals surface area contributed by atoms with Crippen LogP contribution < -0.4 is 4.80 Å². The van der Waals surface area contributed by atoms with Crippen LogP contribution in [0.4, 0.5) is 0 Å². The lowest BCUT2D eigenvalue weighted by Gasteiger charge is -2.20. The number of amides is 1. The maximum Gasteiger partial charge on any atom is 0.279 e. The van der Waals surface area contributed by atoms with E-state index in [1.165, 1.54) is 35.6 Å². The molecule has 0 atom stereocenters. The Balaban J connectivity index is 1.94. The number of aromatic nitrogens is 1. The topological polar surface area (TPSA) is 119 Å². The van der Waals surface area contributed by atoms with Crippen LogP contribution in [0.2, 0.25) is 5.02 Å². The second kappa shape index (κ2) is 10.9. The van der Waals surface area contributed by atoms with E-state index in [0.717, 1.165) is 20.1 Å². The van der Waals surface area contributed by atoms with Gasteiger partial charge < -0.3 is 4.57 Å². The smallest absolute Gasteiger partial charge is 0.279 e. The Morgan fingerprint density at radius 1 is 1.12 bits per heavy atom. The highest BCUT2D eigenvalue weighted by Gasteiger charge is 2.24. The van der Waals surface area contributed by atoms with Crippen LogP contribution in [-0.4, -0.2) is 36.3 Å². The van der Waals surface area contributed by atoms with E-state index in [2.05, 4.69) is 4.99 Å². The lowest BCUT2D eigenvalue weighted by molar-refractivity contribution is 0.0997. The van der Waals surface area contributed by atoms with Crippen molar-refractivity contribution in [1.29, 1.82) is 10.5 Å². The molecule has 0 radical (unpaired) electrons. The largest absolute Gasteiger partial charge is 0.316 e. The van der Waals surface area contributed by atoms with Gasteiger partial charge in [-0.15, -0.1) is 0 Å². The molecule has 2 aromatic carbocycles. The Kier molecular flexibility index (Phi) is 8.24. The second-order valence-electron chi connectivity index (χ2n) is 7.31.